The number of nitrogens with two attached hydrogens (primary N) is 2. The Morgan fingerprint density at radius 1 is 0.667 bits per heavy atom. The van der Waals surface area contributed by atoms with E-state index in [0.29, 0.717) is 0 Å². The summed E-state index contributed by atoms with van der Waals surface area (Å²) in [6, 6.07) is 0.106. The lowest BCUT2D eigenvalue weighted by atomic mass is 9.74. The molecular weight excluding hydrogens is 148 g/mol. The van der Waals surface area contributed by atoms with Crippen LogP contribution in [0.25, 0.3) is 0 Å². The number of rotatable bonds is 1. The van der Waals surface area contributed by atoms with E-state index in [4.69, 9.17) is 11.5 Å². The zero-order chi connectivity index (χ0) is 10.2. The average Bonchev–Trinajstić information content (AvgIpc) is 1.80. The first-order valence-corrected chi connectivity index (χ1v) is 4.58. The summed E-state index contributed by atoms with van der Waals surface area (Å²) < 4.78 is 0. The van der Waals surface area contributed by atoms with Crippen LogP contribution < -0.4 is 11.5 Å². The fraction of sp³-hybridized carbons (Fsp3) is 1.00. The largest absolute Gasteiger partial charge is 0.326 e. The van der Waals surface area contributed by atoms with Crippen molar-refractivity contribution in [2.24, 2.45) is 22.3 Å². The van der Waals surface area contributed by atoms with Crippen LogP contribution in [-0.4, -0.2) is 12.1 Å². The highest BCUT2D eigenvalue weighted by Gasteiger charge is 2.33. The molecule has 1 unspecified atom stereocenters. The van der Waals surface area contributed by atoms with Gasteiger partial charge in [-0.3, -0.25) is 0 Å². The maximum atomic E-state index is 6.06. The van der Waals surface area contributed by atoms with E-state index in [1.54, 1.807) is 0 Å². The van der Waals surface area contributed by atoms with Gasteiger partial charge in [-0.05, 0) is 10.8 Å². The Kier molecular flexibility index (Phi) is 3.32. The van der Waals surface area contributed by atoms with E-state index in [1.807, 2.05) is 0 Å². The van der Waals surface area contributed by atoms with Gasteiger partial charge in [-0.25, -0.2) is 0 Å². The zero-order valence-corrected chi connectivity index (χ0v) is 9.31. The van der Waals surface area contributed by atoms with E-state index in [0.717, 1.165) is 0 Å². The van der Waals surface area contributed by atoms with E-state index in [9.17, 15) is 0 Å². The molecule has 12 heavy (non-hydrogen) atoms. The van der Waals surface area contributed by atoms with Gasteiger partial charge in [0.25, 0.3) is 0 Å². The summed E-state index contributed by atoms with van der Waals surface area (Å²) in [7, 11) is 0. The fourth-order valence-corrected chi connectivity index (χ4v) is 1.08. The SMILES string of the molecule is CC(C)(C)C(N)[C@H](N)C(C)(C)C. The summed E-state index contributed by atoms with van der Waals surface area (Å²) in [5.41, 5.74) is 12.3. The van der Waals surface area contributed by atoms with Crippen molar-refractivity contribution in [3.63, 3.8) is 0 Å². The van der Waals surface area contributed by atoms with Gasteiger partial charge in [0.15, 0.2) is 0 Å². The molecule has 74 valence electrons. The molecule has 0 spiro atoms. The molecule has 2 atom stereocenters. The molecule has 0 aromatic heterocycles. The van der Waals surface area contributed by atoms with Gasteiger partial charge in [0.1, 0.15) is 0 Å². The Bertz CT molecular complexity index is 121. The third-order valence-corrected chi connectivity index (χ3v) is 2.39. The maximum absolute atomic E-state index is 6.06. The van der Waals surface area contributed by atoms with Crippen LogP contribution in [0, 0.1) is 10.8 Å². The van der Waals surface area contributed by atoms with E-state index >= 15 is 0 Å². The fourth-order valence-electron chi connectivity index (χ4n) is 1.08. The van der Waals surface area contributed by atoms with Crippen molar-refractivity contribution < 1.29 is 0 Å². The van der Waals surface area contributed by atoms with Crippen LogP contribution in [0.2, 0.25) is 0 Å². The molecule has 2 nitrogen and oxygen atoms in total. The van der Waals surface area contributed by atoms with Gasteiger partial charge >= 0.3 is 0 Å². The van der Waals surface area contributed by atoms with Crippen LogP contribution in [0.1, 0.15) is 41.5 Å². The smallest absolute Gasteiger partial charge is 0.0246 e. The highest BCUT2D eigenvalue weighted by molar-refractivity contribution is 4.92. The van der Waals surface area contributed by atoms with Crippen molar-refractivity contribution in [1.82, 2.24) is 0 Å². The lowest BCUT2D eigenvalue weighted by molar-refractivity contribution is 0.192. The molecule has 0 saturated carbocycles. The van der Waals surface area contributed by atoms with Crippen molar-refractivity contribution >= 4 is 0 Å². The first-order valence-electron chi connectivity index (χ1n) is 4.58. The van der Waals surface area contributed by atoms with Gasteiger partial charge in [0.2, 0.25) is 0 Å². The molecule has 0 saturated heterocycles. The predicted octanol–water partition coefficient (Wildman–Crippen LogP) is 1.73. The van der Waals surface area contributed by atoms with Crippen LogP contribution in [0.5, 0.6) is 0 Å². The Morgan fingerprint density at radius 2 is 0.833 bits per heavy atom. The molecule has 4 N–H and O–H groups in total. The molecule has 0 aliphatic carbocycles. The molecule has 0 aliphatic rings. The average molecular weight is 172 g/mol. The van der Waals surface area contributed by atoms with Crippen LogP contribution >= 0.6 is 0 Å². The summed E-state index contributed by atoms with van der Waals surface area (Å²) in [5.74, 6) is 0. The monoisotopic (exact) mass is 172 g/mol. The van der Waals surface area contributed by atoms with Gasteiger partial charge in [0, 0.05) is 12.1 Å². The van der Waals surface area contributed by atoms with Crippen molar-refractivity contribution in [3.8, 4) is 0 Å². The van der Waals surface area contributed by atoms with E-state index < -0.39 is 0 Å². The second-order valence-electron chi connectivity index (χ2n) is 5.78. The predicted molar refractivity (Wildman–Crippen MR) is 54.9 cm³/mol. The maximum Gasteiger partial charge on any atom is 0.0246 e. The van der Waals surface area contributed by atoms with Gasteiger partial charge in [-0.2, -0.15) is 0 Å². The first kappa shape index (κ1) is 11.9. The van der Waals surface area contributed by atoms with Gasteiger partial charge in [-0.15, -0.1) is 0 Å². The van der Waals surface area contributed by atoms with Crippen LogP contribution in [0.4, 0.5) is 0 Å². The van der Waals surface area contributed by atoms with Crippen LogP contribution in [-0.2, 0) is 0 Å². The molecule has 0 bridgehead atoms. The van der Waals surface area contributed by atoms with E-state index in [2.05, 4.69) is 41.5 Å². The molecule has 0 amide bonds. The molecule has 0 rings (SSSR count). The summed E-state index contributed by atoms with van der Waals surface area (Å²) >= 11 is 0. The normalized spacial score (nSPS) is 19.0. The zero-order valence-electron chi connectivity index (χ0n) is 9.31. The van der Waals surface area contributed by atoms with Gasteiger partial charge < -0.3 is 11.5 Å². The van der Waals surface area contributed by atoms with E-state index in [-0.39, 0.29) is 22.9 Å². The second kappa shape index (κ2) is 3.35. The number of hydrogen-bond acceptors (Lipinski definition) is 2. The summed E-state index contributed by atoms with van der Waals surface area (Å²) in [6.45, 7) is 12.8. The topological polar surface area (TPSA) is 52.0 Å². The molecule has 2 heteroatoms. The first-order chi connectivity index (χ1) is 5.07. The third-order valence-electron chi connectivity index (χ3n) is 2.39. The lowest BCUT2D eigenvalue weighted by Crippen LogP contribution is -2.55. The Labute approximate surface area is 76.7 Å². The molecule has 0 aromatic rings. The van der Waals surface area contributed by atoms with Crippen LogP contribution in [0.15, 0.2) is 0 Å². The van der Waals surface area contributed by atoms with Crippen molar-refractivity contribution in [3.05, 3.63) is 0 Å². The Morgan fingerprint density at radius 3 is 0.917 bits per heavy atom. The van der Waals surface area contributed by atoms with Crippen molar-refractivity contribution in [2.45, 2.75) is 53.6 Å². The van der Waals surface area contributed by atoms with Crippen molar-refractivity contribution in [1.29, 1.82) is 0 Å². The lowest BCUT2D eigenvalue weighted by Gasteiger charge is -2.39. The Hall–Kier alpha value is -0.0800. The minimum atomic E-state index is 0.0532. The van der Waals surface area contributed by atoms with Gasteiger partial charge in [0.05, 0.1) is 0 Å². The molecule has 0 heterocycles. The quantitative estimate of drug-likeness (QED) is 0.633. The minimum absolute atomic E-state index is 0.0532. The third kappa shape index (κ3) is 3.11. The standard InChI is InChI=1S/C10H24N2/c1-9(2,3)7(11)8(12)10(4,5)6/h7-8H,11-12H2,1-6H3/t7-,8?/m0/s1. The van der Waals surface area contributed by atoms with E-state index in [1.165, 1.54) is 0 Å². The summed E-state index contributed by atoms with van der Waals surface area (Å²) in [6.07, 6.45) is 0. The van der Waals surface area contributed by atoms with Gasteiger partial charge in [-0.1, -0.05) is 41.5 Å². The number of hydrogen-bond donors (Lipinski definition) is 2. The molecular formula is C10H24N2. The molecule has 0 radical (unpaired) electrons. The second-order valence-corrected chi connectivity index (χ2v) is 5.78. The highest BCUT2D eigenvalue weighted by Crippen LogP contribution is 2.27. The highest BCUT2D eigenvalue weighted by atomic mass is 14.8. The minimum Gasteiger partial charge on any atom is -0.326 e. The Balaban J connectivity index is 4.41. The molecule has 0 aromatic carbocycles. The summed E-state index contributed by atoms with van der Waals surface area (Å²) in [5, 5.41) is 0. The summed E-state index contributed by atoms with van der Waals surface area (Å²) in [4.78, 5) is 0. The molecule has 0 fully saturated rings. The van der Waals surface area contributed by atoms with Crippen LogP contribution in [0.3, 0.4) is 0 Å². The molecule has 0 aliphatic heterocycles. The van der Waals surface area contributed by atoms with Crippen molar-refractivity contribution in [2.75, 3.05) is 0 Å².